The van der Waals surface area contributed by atoms with Gasteiger partial charge in [0.2, 0.25) is 0 Å². The molecule has 0 N–H and O–H groups in total. The van der Waals surface area contributed by atoms with Gasteiger partial charge in [0.15, 0.2) is 11.3 Å². The minimum absolute atomic E-state index is 0.414. The first-order valence-corrected chi connectivity index (χ1v) is 10.1. The summed E-state index contributed by atoms with van der Waals surface area (Å²) in [5.41, 5.74) is 3.37. The van der Waals surface area contributed by atoms with Crippen molar-refractivity contribution < 1.29 is 18.3 Å². The first kappa shape index (κ1) is 19.7. The lowest BCUT2D eigenvalue weighted by Gasteiger charge is -2.09. The molecule has 2 aromatic heterocycles. The van der Waals surface area contributed by atoms with Crippen molar-refractivity contribution in [3.05, 3.63) is 101 Å². The Bertz CT molecular complexity index is 1490. The molecule has 0 aliphatic carbocycles. The van der Waals surface area contributed by atoms with Crippen LogP contribution in [0.1, 0.15) is 11.1 Å². The van der Waals surface area contributed by atoms with Gasteiger partial charge in [-0.15, -0.1) is 0 Å². The lowest BCUT2D eigenvalue weighted by molar-refractivity contribution is 0.306. The van der Waals surface area contributed by atoms with Crippen LogP contribution in [0.3, 0.4) is 0 Å². The van der Waals surface area contributed by atoms with E-state index in [0.717, 1.165) is 21.9 Å². The van der Waals surface area contributed by atoms with Crippen LogP contribution in [-0.4, -0.2) is 7.11 Å². The summed E-state index contributed by atoms with van der Waals surface area (Å²) in [6.07, 6.45) is 1.80. The zero-order valence-corrected chi connectivity index (χ0v) is 17.5. The lowest BCUT2D eigenvalue weighted by Crippen LogP contribution is -1.99. The second kappa shape index (κ2) is 8.12. The number of hydrogen-bond donors (Lipinski definition) is 0. The van der Waals surface area contributed by atoms with E-state index >= 15 is 0 Å². The van der Waals surface area contributed by atoms with Crippen LogP contribution in [0.25, 0.3) is 39.3 Å². The second-order valence-corrected chi connectivity index (χ2v) is 7.36. The maximum atomic E-state index is 12.2. The van der Waals surface area contributed by atoms with E-state index in [4.69, 9.17) is 18.3 Å². The van der Waals surface area contributed by atoms with Crippen LogP contribution in [-0.2, 0) is 6.61 Å². The first-order chi connectivity index (χ1) is 15.6. The van der Waals surface area contributed by atoms with E-state index in [2.05, 4.69) is 6.58 Å². The van der Waals surface area contributed by atoms with Crippen molar-refractivity contribution in [2.24, 2.45) is 0 Å². The predicted molar refractivity (Wildman–Crippen MR) is 125 cm³/mol. The molecule has 0 bridgehead atoms. The Balaban J connectivity index is 1.54. The summed E-state index contributed by atoms with van der Waals surface area (Å²) in [5, 5.41) is 1.61. The molecule has 0 fully saturated rings. The van der Waals surface area contributed by atoms with Gasteiger partial charge in [-0.05, 0) is 41.5 Å². The molecule has 5 nitrogen and oxygen atoms in total. The van der Waals surface area contributed by atoms with Crippen molar-refractivity contribution in [2.45, 2.75) is 6.61 Å². The molecule has 0 aliphatic heterocycles. The number of furan rings is 1. The van der Waals surface area contributed by atoms with Gasteiger partial charge in [0.1, 0.15) is 23.7 Å². The summed E-state index contributed by atoms with van der Waals surface area (Å²) in [6, 6.07) is 22.4. The molecule has 5 rings (SSSR count). The third-order valence-corrected chi connectivity index (χ3v) is 5.33. The molecule has 5 aromatic rings. The minimum atomic E-state index is -0.448. The molecule has 0 radical (unpaired) electrons. The normalized spacial score (nSPS) is 11.0. The summed E-state index contributed by atoms with van der Waals surface area (Å²) in [4.78, 5) is 12.2. The van der Waals surface area contributed by atoms with Crippen molar-refractivity contribution >= 4 is 28.0 Å². The molecule has 3 aromatic carbocycles. The molecule has 0 unspecified atom stereocenters. The van der Waals surface area contributed by atoms with Crippen LogP contribution in [0.15, 0.2) is 93.0 Å². The van der Waals surface area contributed by atoms with Crippen molar-refractivity contribution in [1.82, 2.24) is 0 Å². The lowest BCUT2D eigenvalue weighted by atomic mass is 10.1. The summed E-state index contributed by atoms with van der Waals surface area (Å²) in [6.45, 7) is 4.18. The number of rotatable bonds is 6. The van der Waals surface area contributed by atoms with E-state index in [1.165, 1.54) is 6.07 Å². The van der Waals surface area contributed by atoms with Crippen molar-refractivity contribution in [1.29, 1.82) is 0 Å². The number of methoxy groups -OCH3 is 1. The maximum absolute atomic E-state index is 12.2. The van der Waals surface area contributed by atoms with Crippen LogP contribution in [0.2, 0.25) is 0 Å². The fourth-order valence-electron chi connectivity index (χ4n) is 3.68. The zero-order valence-electron chi connectivity index (χ0n) is 17.5. The van der Waals surface area contributed by atoms with Gasteiger partial charge in [0.05, 0.1) is 7.11 Å². The SMILES string of the molecule is C=Cc1ccc(COc2ccc3oc(=O)cc(-c4cc5cccc(OC)c5o4)c3c2)cc1. The molecule has 0 saturated heterocycles. The van der Waals surface area contributed by atoms with E-state index in [1.807, 2.05) is 54.6 Å². The Kier molecular flexibility index (Phi) is 5.00. The number of hydrogen-bond acceptors (Lipinski definition) is 5. The van der Waals surface area contributed by atoms with E-state index < -0.39 is 5.63 Å². The number of para-hydroxylation sites is 1. The standard InChI is InChI=1S/C27H20O5/c1-3-17-7-9-18(10-8-17)16-30-20-11-12-23-21(14-20)22(15-26(28)31-23)25-13-19-5-4-6-24(29-2)27(19)32-25/h3-15H,1,16H2,2H3. The van der Waals surface area contributed by atoms with E-state index in [0.29, 0.717) is 40.6 Å². The largest absolute Gasteiger partial charge is 0.493 e. The summed E-state index contributed by atoms with van der Waals surface area (Å²) >= 11 is 0. The van der Waals surface area contributed by atoms with Crippen LogP contribution < -0.4 is 15.1 Å². The fraction of sp³-hybridized carbons (Fsp3) is 0.0741. The average Bonchev–Trinajstić information content (AvgIpc) is 3.27. The molecule has 32 heavy (non-hydrogen) atoms. The Morgan fingerprint density at radius 3 is 2.59 bits per heavy atom. The average molecular weight is 424 g/mol. The second-order valence-electron chi connectivity index (χ2n) is 7.36. The molecule has 158 valence electrons. The number of fused-ring (bicyclic) bond motifs is 2. The highest BCUT2D eigenvalue weighted by Crippen LogP contribution is 2.36. The van der Waals surface area contributed by atoms with Gasteiger partial charge >= 0.3 is 5.63 Å². The third-order valence-electron chi connectivity index (χ3n) is 5.33. The molecular weight excluding hydrogens is 404 g/mol. The highest BCUT2D eigenvalue weighted by molar-refractivity contribution is 5.96. The van der Waals surface area contributed by atoms with Gasteiger partial charge in [-0.3, -0.25) is 0 Å². The molecule has 0 spiro atoms. The summed E-state index contributed by atoms with van der Waals surface area (Å²) in [7, 11) is 1.60. The monoisotopic (exact) mass is 424 g/mol. The van der Waals surface area contributed by atoms with Crippen LogP contribution in [0.5, 0.6) is 11.5 Å². The van der Waals surface area contributed by atoms with E-state index in [-0.39, 0.29) is 0 Å². The van der Waals surface area contributed by atoms with Gasteiger partial charge < -0.3 is 18.3 Å². The Labute approximate surface area is 184 Å². The van der Waals surface area contributed by atoms with Gasteiger partial charge in [0.25, 0.3) is 0 Å². The van der Waals surface area contributed by atoms with Crippen LogP contribution >= 0.6 is 0 Å². The minimum Gasteiger partial charge on any atom is -0.493 e. The van der Waals surface area contributed by atoms with Crippen LogP contribution in [0.4, 0.5) is 0 Å². The number of ether oxygens (including phenoxy) is 2. The van der Waals surface area contributed by atoms with Gasteiger partial charge in [-0.1, -0.05) is 49.1 Å². The molecule has 0 aliphatic rings. The van der Waals surface area contributed by atoms with Gasteiger partial charge in [-0.2, -0.15) is 0 Å². The third kappa shape index (κ3) is 3.65. The quantitative estimate of drug-likeness (QED) is 0.294. The smallest absolute Gasteiger partial charge is 0.336 e. The molecule has 2 heterocycles. The molecule has 0 atom stereocenters. The molecular formula is C27H20O5. The predicted octanol–water partition coefficient (Wildman–Crippen LogP) is 6.44. The Hall–Kier alpha value is -4.25. The first-order valence-electron chi connectivity index (χ1n) is 10.1. The molecule has 0 saturated carbocycles. The topological polar surface area (TPSA) is 61.8 Å². The van der Waals surface area contributed by atoms with E-state index in [9.17, 15) is 4.79 Å². The summed E-state index contributed by atoms with van der Waals surface area (Å²) in [5.74, 6) is 1.85. The molecule has 5 heteroatoms. The van der Waals surface area contributed by atoms with Crippen LogP contribution in [0, 0.1) is 0 Å². The Morgan fingerprint density at radius 1 is 0.969 bits per heavy atom. The maximum Gasteiger partial charge on any atom is 0.336 e. The van der Waals surface area contributed by atoms with Crippen molar-refractivity contribution in [3.8, 4) is 22.8 Å². The van der Waals surface area contributed by atoms with E-state index in [1.54, 1.807) is 25.3 Å². The number of benzene rings is 3. The van der Waals surface area contributed by atoms with Crippen molar-refractivity contribution in [2.75, 3.05) is 7.11 Å². The Morgan fingerprint density at radius 2 is 1.81 bits per heavy atom. The summed E-state index contributed by atoms with van der Waals surface area (Å²) < 4.78 is 22.9. The zero-order chi connectivity index (χ0) is 22.1. The molecule has 0 amide bonds. The fourth-order valence-corrected chi connectivity index (χ4v) is 3.68. The van der Waals surface area contributed by atoms with Crippen molar-refractivity contribution in [3.63, 3.8) is 0 Å². The van der Waals surface area contributed by atoms with Gasteiger partial charge in [0, 0.05) is 22.4 Å². The highest BCUT2D eigenvalue weighted by atomic mass is 16.5. The highest BCUT2D eigenvalue weighted by Gasteiger charge is 2.15. The van der Waals surface area contributed by atoms with Gasteiger partial charge in [-0.25, -0.2) is 4.79 Å².